The number of rotatable bonds is 8. The lowest BCUT2D eigenvalue weighted by Crippen LogP contribution is -2.42. The van der Waals surface area contributed by atoms with Crippen LogP contribution in [0.5, 0.6) is 11.5 Å². The molecule has 0 unspecified atom stereocenters. The number of aliphatic carboxylic acids is 4. The minimum absolute atomic E-state index is 0.224. The van der Waals surface area contributed by atoms with Crippen molar-refractivity contribution in [2.24, 2.45) is 5.92 Å². The summed E-state index contributed by atoms with van der Waals surface area (Å²) >= 11 is 0. The molecule has 3 aromatic carbocycles. The maximum atomic E-state index is 13.5. The molecule has 4 aromatic rings. The minimum atomic E-state index is -2.19. The molecule has 0 amide bonds. The average Bonchev–Trinajstić information content (AvgIpc) is 3.38. The van der Waals surface area contributed by atoms with Crippen molar-refractivity contribution in [2.75, 3.05) is 27.3 Å². The fraction of sp³-hybridized carbons (Fsp3) is 0.303. The first-order valence-electron chi connectivity index (χ1n) is 14.4. The van der Waals surface area contributed by atoms with Gasteiger partial charge in [0.2, 0.25) is 0 Å². The van der Waals surface area contributed by atoms with Gasteiger partial charge in [-0.1, -0.05) is 42.5 Å². The van der Waals surface area contributed by atoms with Gasteiger partial charge in [0, 0.05) is 31.6 Å². The number of carboxylic acid groups (broad SMARTS) is 4. The Bertz CT molecular complexity index is 1620. The van der Waals surface area contributed by atoms with Crippen molar-refractivity contribution in [3.05, 3.63) is 89.5 Å². The maximum absolute atomic E-state index is 13.5. The summed E-state index contributed by atoms with van der Waals surface area (Å²) in [5, 5.41) is 35.7. The highest BCUT2D eigenvalue weighted by Gasteiger charge is 2.23. The lowest BCUT2D eigenvalue weighted by atomic mass is 9.93. The van der Waals surface area contributed by atoms with E-state index in [2.05, 4.69) is 39.8 Å². The van der Waals surface area contributed by atoms with Gasteiger partial charge in [-0.25, -0.2) is 9.37 Å². The molecule has 14 heteroatoms. The molecule has 0 bridgehead atoms. The van der Waals surface area contributed by atoms with Crippen molar-refractivity contribution < 1.29 is 53.5 Å². The molecular weight excluding hydrogens is 617 g/mol. The highest BCUT2D eigenvalue weighted by Crippen LogP contribution is 2.34. The Kier molecular flexibility index (Phi) is 13.2. The molecule has 0 saturated carbocycles. The van der Waals surface area contributed by atoms with Crippen molar-refractivity contribution >= 4 is 34.9 Å². The van der Waals surface area contributed by atoms with Gasteiger partial charge in [0.25, 0.3) is 0 Å². The summed E-state index contributed by atoms with van der Waals surface area (Å²) in [4.78, 5) is 43.3. The molecule has 0 N–H and O–H groups in total. The number of halogens is 1. The molecular formula is C33H32FN3O10-4. The number of hydrogen-bond acceptors (Lipinski definition) is 12. The van der Waals surface area contributed by atoms with Gasteiger partial charge in [0.05, 0.1) is 49.1 Å². The largest absolute Gasteiger partial charge is 0.543 e. The van der Waals surface area contributed by atoms with Gasteiger partial charge in [-0.2, -0.15) is 0 Å². The SMILES string of the molecule is COc1cc2nc(CC3CCN(Cc4ccccc4)CC3)n(Cc3ccc(F)cc3)c2cc1OC.O=C([O-])C(=O)[O-].O=C([O-])C(=O)[O-]. The van der Waals surface area contributed by atoms with Gasteiger partial charge < -0.3 is 53.6 Å². The second kappa shape index (κ2) is 17.3. The van der Waals surface area contributed by atoms with E-state index in [-0.39, 0.29) is 5.82 Å². The van der Waals surface area contributed by atoms with Crippen LogP contribution in [-0.2, 0) is 38.7 Å². The first-order valence-corrected chi connectivity index (χ1v) is 14.4. The number of methoxy groups -OCH3 is 2. The monoisotopic (exact) mass is 649 g/mol. The molecule has 1 saturated heterocycles. The highest BCUT2D eigenvalue weighted by atomic mass is 19.1. The molecule has 0 spiro atoms. The van der Waals surface area contributed by atoms with Crippen molar-refractivity contribution in [1.82, 2.24) is 14.5 Å². The van der Waals surface area contributed by atoms with Gasteiger partial charge in [-0.15, -0.1) is 0 Å². The molecule has 47 heavy (non-hydrogen) atoms. The van der Waals surface area contributed by atoms with Crippen LogP contribution in [0.1, 0.15) is 29.8 Å². The Morgan fingerprint density at radius 1 is 0.766 bits per heavy atom. The third-order valence-corrected chi connectivity index (χ3v) is 7.35. The summed E-state index contributed by atoms with van der Waals surface area (Å²) in [7, 11) is 3.29. The zero-order chi connectivity index (χ0) is 34.5. The van der Waals surface area contributed by atoms with E-state index in [1.54, 1.807) is 14.2 Å². The zero-order valence-electron chi connectivity index (χ0n) is 25.7. The molecule has 1 aliphatic heterocycles. The molecule has 2 heterocycles. The van der Waals surface area contributed by atoms with Crippen molar-refractivity contribution in [2.45, 2.75) is 32.4 Å². The predicted octanol–water partition coefficient (Wildman–Crippen LogP) is -1.33. The number of carboxylic acids is 4. The molecule has 0 atom stereocenters. The third kappa shape index (κ3) is 10.8. The molecule has 1 fully saturated rings. The summed E-state index contributed by atoms with van der Waals surface area (Å²) in [6, 6.07) is 21.3. The molecule has 0 radical (unpaired) electrons. The zero-order valence-corrected chi connectivity index (χ0v) is 25.7. The van der Waals surface area contributed by atoms with Gasteiger partial charge in [-0.05, 0) is 55.1 Å². The second-order valence-corrected chi connectivity index (χ2v) is 10.5. The molecule has 1 aromatic heterocycles. The van der Waals surface area contributed by atoms with Crippen molar-refractivity contribution in [3.63, 3.8) is 0 Å². The number of aromatic nitrogens is 2. The van der Waals surface area contributed by atoms with Crippen LogP contribution in [0.4, 0.5) is 4.39 Å². The van der Waals surface area contributed by atoms with Gasteiger partial charge in [-0.3, -0.25) is 4.90 Å². The molecule has 5 rings (SSSR count). The number of imidazole rings is 1. The Labute approximate surface area is 269 Å². The lowest BCUT2D eigenvalue weighted by Gasteiger charge is -2.32. The first kappa shape index (κ1) is 36.0. The van der Waals surface area contributed by atoms with Crippen LogP contribution in [0.15, 0.2) is 66.7 Å². The smallest absolute Gasteiger partial charge is 0.163 e. The van der Waals surface area contributed by atoms with E-state index in [0.717, 1.165) is 61.3 Å². The standard InChI is InChI=1S/C29H32FN3O2.2C2H2O4/c1-34-27-17-25-26(18-28(27)35-2)33(20-23-8-10-24(30)11-9-23)29(31-25)16-21-12-14-32(15-13-21)19-22-6-4-3-5-7-22;2*3-1(4)2(5)6/h3-11,17-18,21H,12-16,19-20H2,1-2H3;2*(H,3,4)(H,5,6)/p-4. The fourth-order valence-electron chi connectivity index (χ4n) is 5.05. The Morgan fingerprint density at radius 2 is 1.28 bits per heavy atom. The van der Waals surface area contributed by atoms with Crippen LogP contribution in [-0.4, -0.2) is 65.6 Å². The number of hydrogen-bond donors (Lipinski definition) is 0. The minimum Gasteiger partial charge on any atom is -0.543 e. The van der Waals surface area contributed by atoms with Crippen LogP contribution in [0.2, 0.25) is 0 Å². The van der Waals surface area contributed by atoms with Crippen LogP contribution in [0.3, 0.4) is 0 Å². The molecule has 0 aliphatic carbocycles. The number of carbonyl (C=O) groups excluding carboxylic acids is 4. The van der Waals surface area contributed by atoms with E-state index in [1.165, 1.54) is 17.7 Å². The van der Waals surface area contributed by atoms with E-state index < -0.39 is 23.9 Å². The first-order chi connectivity index (χ1) is 22.4. The molecule has 250 valence electrons. The second-order valence-electron chi connectivity index (χ2n) is 10.5. The number of benzene rings is 3. The van der Waals surface area contributed by atoms with Crippen LogP contribution in [0, 0.1) is 11.7 Å². The fourth-order valence-corrected chi connectivity index (χ4v) is 5.05. The Morgan fingerprint density at radius 3 is 1.79 bits per heavy atom. The number of carbonyl (C=O) groups is 4. The topological polar surface area (TPSA) is 200 Å². The number of ether oxygens (including phenoxy) is 2. The summed E-state index contributed by atoms with van der Waals surface area (Å²) in [6.45, 7) is 3.84. The van der Waals surface area contributed by atoms with E-state index in [4.69, 9.17) is 54.1 Å². The summed E-state index contributed by atoms with van der Waals surface area (Å²) in [5.41, 5.74) is 4.30. The summed E-state index contributed by atoms with van der Waals surface area (Å²) in [5.74, 6) is -5.97. The van der Waals surface area contributed by atoms with Crippen molar-refractivity contribution in [3.8, 4) is 11.5 Å². The molecule has 13 nitrogen and oxygen atoms in total. The van der Waals surface area contributed by atoms with E-state index in [9.17, 15) is 4.39 Å². The van der Waals surface area contributed by atoms with Gasteiger partial charge in [0.15, 0.2) is 11.5 Å². The van der Waals surface area contributed by atoms with Gasteiger partial charge >= 0.3 is 0 Å². The summed E-state index contributed by atoms with van der Waals surface area (Å²) < 4.78 is 26.8. The highest BCUT2D eigenvalue weighted by molar-refractivity contribution is 6.25. The van der Waals surface area contributed by atoms with Crippen LogP contribution in [0.25, 0.3) is 11.0 Å². The van der Waals surface area contributed by atoms with E-state index in [0.29, 0.717) is 24.0 Å². The Balaban J connectivity index is 0.000000428. The van der Waals surface area contributed by atoms with Crippen LogP contribution >= 0.6 is 0 Å². The summed E-state index contributed by atoms with van der Waals surface area (Å²) in [6.07, 6.45) is 3.22. The number of piperidine rings is 1. The number of likely N-dealkylation sites (tertiary alicyclic amines) is 1. The number of nitrogens with zero attached hydrogens (tertiary/aromatic N) is 3. The quantitative estimate of drug-likeness (QED) is 0.204. The predicted molar refractivity (Wildman–Crippen MR) is 157 cm³/mol. The van der Waals surface area contributed by atoms with Crippen LogP contribution < -0.4 is 29.9 Å². The lowest BCUT2D eigenvalue weighted by molar-refractivity contribution is -0.345. The Hall–Kier alpha value is -5.50. The maximum Gasteiger partial charge on any atom is 0.163 e. The van der Waals surface area contributed by atoms with Crippen molar-refractivity contribution in [1.29, 1.82) is 0 Å². The third-order valence-electron chi connectivity index (χ3n) is 7.35. The van der Waals surface area contributed by atoms with Gasteiger partial charge in [0.1, 0.15) is 11.6 Å². The number of fused-ring (bicyclic) bond motifs is 1. The average molecular weight is 650 g/mol. The van der Waals surface area contributed by atoms with E-state index >= 15 is 0 Å². The normalized spacial score (nSPS) is 13.0. The molecule has 1 aliphatic rings. The van der Waals surface area contributed by atoms with E-state index in [1.807, 2.05) is 24.3 Å².